The number of hydrogen-bond acceptors (Lipinski definition) is 5. The third-order valence-electron chi connectivity index (χ3n) is 5.25. The summed E-state index contributed by atoms with van der Waals surface area (Å²) in [6, 6.07) is 5.27. The topological polar surface area (TPSA) is 85.3 Å². The quantitative estimate of drug-likeness (QED) is 0.546. The molecule has 1 atom stereocenters. The highest BCUT2D eigenvalue weighted by atomic mass is 19.4. The van der Waals surface area contributed by atoms with Crippen LogP contribution in [0, 0.1) is 12.8 Å². The molecule has 0 aliphatic heterocycles. The Bertz CT molecular complexity index is 1270. The maximum atomic E-state index is 13.3. The van der Waals surface area contributed by atoms with E-state index in [1.165, 1.54) is 17.1 Å². The molecule has 1 aliphatic carbocycles. The Balaban J connectivity index is 1.54. The van der Waals surface area contributed by atoms with Gasteiger partial charge in [-0.2, -0.15) is 18.3 Å². The molecule has 1 amide bonds. The van der Waals surface area contributed by atoms with Crippen molar-refractivity contribution in [2.75, 3.05) is 0 Å². The first kappa shape index (κ1) is 18.6. The molecule has 1 N–H and O–H groups in total. The zero-order chi connectivity index (χ0) is 21.0. The summed E-state index contributed by atoms with van der Waals surface area (Å²) in [5.74, 6) is -1.41. The number of carbonyl (C=O) groups excluding carboxylic acids is 1. The number of amides is 1. The number of carbonyl (C=O) groups is 1. The molecule has 7 nitrogen and oxygen atoms in total. The molecule has 1 fully saturated rings. The Morgan fingerprint density at radius 3 is 2.83 bits per heavy atom. The van der Waals surface area contributed by atoms with Gasteiger partial charge in [0.05, 0.1) is 11.9 Å². The Morgan fingerprint density at radius 1 is 1.30 bits per heavy atom. The zero-order valence-corrected chi connectivity index (χ0v) is 15.8. The molecule has 154 valence electrons. The minimum absolute atomic E-state index is 0.00244. The van der Waals surface area contributed by atoms with E-state index in [1.54, 1.807) is 31.2 Å². The highest BCUT2D eigenvalue weighted by Crippen LogP contribution is 2.40. The Morgan fingerprint density at radius 2 is 2.10 bits per heavy atom. The van der Waals surface area contributed by atoms with Crippen molar-refractivity contribution in [3.63, 3.8) is 0 Å². The standard InChI is InChI=1S/C20H16F3N5O2/c1-10-6-14(12-4-5-16-15(7-12)24-9-30-16)26-18-13(8-25-28(10)18)19(29)27-17(11-2-3-11)20(21,22)23/h4-9,11,17H,2-3H2,1H3,(H,27,29)/t17-/m0/s1. The second-order valence-electron chi connectivity index (χ2n) is 7.44. The summed E-state index contributed by atoms with van der Waals surface area (Å²) in [4.78, 5) is 21.3. The first-order chi connectivity index (χ1) is 14.3. The van der Waals surface area contributed by atoms with Crippen LogP contribution in [0.1, 0.15) is 28.9 Å². The van der Waals surface area contributed by atoms with Crippen LogP contribution in [0.4, 0.5) is 13.2 Å². The van der Waals surface area contributed by atoms with E-state index in [1.807, 2.05) is 0 Å². The lowest BCUT2D eigenvalue weighted by Gasteiger charge is -2.20. The molecule has 1 aromatic carbocycles. The summed E-state index contributed by atoms with van der Waals surface area (Å²) in [5.41, 5.74) is 3.44. The van der Waals surface area contributed by atoms with Crippen molar-refractivity contribution in [2.45, 2.75) is 32.0 Å². The SMILES string of the molecule is Cc1cc(-c2ccc3ocnc3c2)nc2c(C(=O)N[C@@H](C3CC3)C(F)(F)F)cnn12. The fourth-order valence-electron chi connectivity index (χ4n) is 3.55. The lowest BCUT2D eigenvalue weighted by Crippen LogP contribution is -2.46. The maximum Gasteiger partial charge on any atom is 0.408 e. The van der Waals surface area contributed by atoms with E-state index in [4.69, 9.17) is 4.42 Å². The van der Waals surface area contributed by atoms with Gasteiger partial charge in [-0.3, -0.25) is 4.79 Å². The second-order valence-corrected chi connectivity index (χ2v) is 7.44. The van der Waals surface area contributed by atoms with Crippen molar-refractivity contribution >= 4 is 22.7 Å². The molecule has 3 heterocycles. The Kier molecular flexibility index (Phi) is 4.05. The van der Waals surface area contributed by atoms with Gasteiger partial charge < -0.3 is 9.73 Å². The summed E-state index contributed by atoms with van der Waals surface area (Å²) in [5, 5.41) is 6.26. The Hall–Kier alpha value is -3.43. The van der Waals surface area contributed by atoms with E-state index >= 15 is 0 Å². The van der Waals surface area contributed by atoms with Crippen LogP contribution in [0.5, 0.6) is 0 Å². The molecule has 5 rings (SSSR count). The zero-order valence-electron chi connectivity index (χ0n) is 15.8. The van der Waals surface area contributed by atoms with Gasteiger partial charge in [0.2, 0.25) is 0 Å². The molecule has 0 saturated heterocycles. The van der Waals surface area contributed by atoms with E-state index in [2.05, 4.69) is 20.4 Å². The fourth-order valence-corrected chi connectivity index (χ4v) is 3.55. The van der Waals surface area contributed by atoms with Gasteiger partial charge in [-0.05, 0) is 49.9 Å². The van der Waals surface area contributed by atoms with Gasteiger partial charge in [-0.1, -0.05) is 0 Å². The smallest absolute Gasteiger partial charge is 0.408 e. The van der Waals surface area contributed by atoms with Gasteiger partial charge in [0.25, 0.3) is 5.91 Å². The average Bonchev–Trinajstić information content (AvgIpc) is 3.24. The molecule has 0 spiro atoms. The number of aryl methyl sites for hydroxylation is 1. The number of aromatic nitrogens is 4. The Labute approximate surface area is 167 Å². The van der Waals surface area contributed by atoms with Crippen LogP contribution in [0.3, 0.4) is 0 Å². The number of alkyl halides is 3. The van der Waals surface area contributed by atoms with Gasteiger partial charge in [-0.15, -0.1) is 0 Å². The van der Waals surface area contributed by atoms with Crippen LogP contribution < -0.4 is 5.32 Å². The molecule has 1 aliphatic rings. The fraction of sp³-hybridized carbons (Fsp3) is 0.300. The molecule has 10 heteroatoms. The number of nitrogens with zero attached hydrogens (tertiary/aromatic N) is 4. The van der Waals surface area contributed by atoms with Gasteiger partial charge in [0.1, 0.15) is 17.1 Å². The summed E-state index contributed by atoms with van der Waals surface area (Å²) in [6.45, 7) is 1.78. The highest BCUT2D eigenvalue weighted by Gasteiger charge is 2.49. The number of hydrogen-bond donors (Lipinski definition) is 1. The van der Waals surface area contributed by atoms with Crippen LogP contribution >= 0.6 is 0 Å². The van der Waals surface area contributed by atoms with Gasteiger partial charge in [-0.25, -0.2) is 14.5 Å². The third-order valence-corrected chi connectivity index (χ3v) is 5.25. The molecular formula is C20H16F3N5O2. The van der Waals surface area contributed by atoms with Gasteiger partial charge in [0.15, 0.2) is 17.6 Å². The number of oxazole rings is 1. The largest absolute Gasteiger partial charge is 0.443 e. The summed E-state index contributed by atoms with van der Waals surface area (Å²) < 4.78 is 46.6. The van der Waals surface area contributed by atoms with E-state index in [-0.39, 0.29) is 11.2 Å². The second kappa shape index (κ2) is 6.54. The van der Waals surface area contributed by atoms with Crippen molar-refractivity contribution in [1.29, 1.82) is 0 Å². The van der Waals surface area contributed by atoms with Crippen LogP contribution in [0.15, 0.2) is 41.3 Å². The molecule has 0 radical (unpaired) electrons. The van der Waals surface area contributed by atoms with E-state index in [0.717, 1.165) is 5.56 Å². The lowest BCUT2D eigenvalue weighted by atomic mass is 10.1. The minimum Gasteiger partial charge on any atom is -0.443 e. The molecule has 30 heavy (non-hydrogen) atoms. The molecular weight excluding hydrogens is 399 g/mol. The van der Waals surface area contributed by atoms with E-state index in [9.17, 15) is 18.0 Å². The van der Waals surface area contributed by atoms with Crippen LogP contribution in [0.2, 0.25) is 0 Å². The number of benzene rings is 1. The number of rotatable bonds is 4. The summed E-state index contributed by atoms with van der Waals surface area (Å²) in [6.07, 6.45) is -1.01. The van der Waals surface area contributed by atoms with Crippen molar-refractivity contribution < 1.29 is 22.4 Å². The number of fused-ring (bicyclic) bond motifs is 2. The monoisotopic (exact) mass is 415 g/mol. The van der Waals surface area contributed by atoms with Crippen LogP contribution in [0.25, 0.3) is 28.0 Å². The predicted molar refractivity (Wildman–Crippen MR) is 101 cm³/mol. The molecule has 1 saturated carbocycles. The van der Waals surface area contributed by atoms with Gasteiger partial charge >= 0.3 is 6.18 Å². The number of nitrogens with one attached hydrogen (secondary N) is 1. The first-order valence-corrected chi connectivity index (χ1v) is 9.38. The maximum absolute atomic E-state index is 13.3. The van der Waals surface area contributed by atoms with E-state index < -0.39 is 24.0 Å². The highest BCUT2D eigenvalue weighted by molar-refractivity contribution is 6.00. The molecule has 3 aromatic heterocycles. The van der Waals surface area contributed by atoms with Crippen LogP contribution in [-0.2, 0) is 0 Å². The molecule has 4 aromatic rings. The number of halogens is 3. The normalized spacial score (nSPS) is 15.6. The first-order valence-electron chi connectivity index (χ1n) is 9.38. The molecule has 0 bridgehead atoms. The van der Waals surface area contributed by atoms with Crippen molar-refractivity contribution in [2.24, 2.45) is 5.92 Å². The van der Waals surface area contributed by atoms with Crippen molar-refractivity contribution in [3.05, 3.63) is 48.1 Å². The average molecular weight is 415 g/mol. The van der Waals surface area contributed by atoms with Crippen LogP contribution in [-0.4, -0.2) is 37.7 Å². The minimum atomic E-state index is -4.50. The van der Waals surface area contributed by atoms with Gasteiger partial charge in [0, 0.05) is 11.3 Å². The van der Waals surface area contributed by atoms with Crippen molar-refractivity contribution in [3.8, 4) is 11.3 Å². The summed E-state index contributed by atoms with van der Waals surface area (Å²) >= 11 is 0. The van der Waals surface area contributed by atoms with E-state index in [0.29, 0.717) is 35.3 Å². The summed E-state index contributed by atoms with van der Waals surface area (Å²) in [7, 11) is 0. The predicted octanol–water partition coefficient (Wildman–Crippen LogP) is 3.92. The third kappa shape index (κ3) is 3.17. The molecule has 0 unspecified atom stereocenters. The lowest BCUT2D eigenvalue weighted by molar-refractivity contribution is -0.158. The van der Waals surface area contributed by atoms with Crippen molar-refractivity contribution in [1.82, 2.24) is 24.9 Å².